The second-order valence-corrected chi connectivity index (χ2v) is 4.43. The first-order valence-electron chi connectivity index (χ1n) is 5.52. The van der Waals surface area contributed by atoms with Gasteiger partial charge in [0.15, 0.2) is 0 Å². The van der Waals surface area contributed by atoms with Crippen LogP contribution in [0.5, 0.6) is 0 Å². The molecule has 1 nitrogen and oxygen atoms in total. The summed E-state index contributed by atoms with van der Waals surface area (Å²) in [5.74, 6) is 1.14. The molecule has 0 heterocycles. The third kappa shape index (κ3) is 1.83. The summed E-state index contributed by atoms with van der Waals surface area (Å²) in [6.45, 7) is 2.25. The smallest absolute Gasteiger partial charge is 0.0820 e. The standard InChI is InChI=1S/C13H18O/c1-10-6-5-9-12(10)13(14)11-7-3-2-4-8-11/h2-4,7-8,10,12-14H,5-6,9H2,1H3. The molecule has 0 aromatic heterocycles. The summed E-state index contributed by atoms with van der Waals surface area (Å²) in [6.07, 6.45) is 3.47. The summed E-state index contributed by atoms with van der Waals surface area (Å²) < 4.78 is 0. The van der Waals surface area contributed by atoms with Gasteiger partial charge in [0.25, 0.3) is 0 Å². The molecule has 1 heteroatoms. The zero-order valence-corrected chi connectivity index (χ0v) is 8.69. The summed E-state index contributed by atoms with van der Waals surface area (Å²) in [4.78, 5) is 0. The van der Waals surface area contributed by atoms with Gasteiger partial charge in [0.1, 0.15) is 0 Å². The summed E-state index contributed by atoms with van der Waals surface area (Å²) in [5, 5.41) is 10.2. The lowest BCUT2D eigenvalue weighted by atomic mass is 9.88. The van der Waals surface area contributed by atoms with Gasteiger partial charge in [-0.25, -0.2) is 0 Å². The normalized spacial score (nSPS) is 29.0. The van der Waals surface area contributed by atoms with Crippen molar-refractivity contribution >= 4 is 0 Å². The Balaban J connectivity index is 2.12. The van der Waals surface area contributed by atoms with E-state index in [1.165, 1.54) is 19.3 Å². The number of benzene rings is 1. The van der Waals surface area contributed by atoms with Crippen molar-refractivity contribution in [2.45, 2.75) is 32.3 Å². The Hall–Kier alpha value is -0.820. The number of aliphatic hydroxyl groups is 1. The SMILES string of the molecule is CC1CCCC1C(O)c1ccccc1. The summed E-state index contributed by atoms with van der Waals surface area (Å²) in [7, 11) is 0. The van der Waals surface area contributed by atoms with E-state index < -0.39 is 0 Å². The minimum atomic E-state index is -0.256. The Kier molecular flexibility index (Phi) is 2.87. The van der Waals surface area contributed by atoms with Crippen LogP contribution in [-0.4, -0.2) is 5.11 Å². The predicted molar refractivity (Wildman–Crippen MR) is 57.9 cm³/mol. The number of hydrogen-bond acceptors (Lipinski definition) is 1. The molecule has 2 rings (SSSR count). The molecule has 1 aromatic rings. The Morgan fingerprint density at radius 3 is 2.50 bits per heavy atom. The first-order valence-corrected chi connectivity index (χ1v) is 5.52. The summed E-state index contributed by atoms with van der Waals surface area (Å²) >= 11 is 0. The van der Waals surface area contributed by atoms with Crippen LogP contribution in [0.4, 0.5) is 0 Å². The Morgan fingerprint density at radius 2 is 1.93 bits per heavy atom. The third-order valence-electron chi connectivity index (χ3n) is 3.47. The van der Waals surface area contributed by atoms with Crippen molar-refractivity contribution in [2.24, 2.45) is 11.8 Å². The summed E-state index contributed by atoms with van der Waals surface area (Å²) in [5.41, 5.74) is 1.08. The molecule has 0 saturated heterocycles. The van der Waals surface area contributed by atoms with Crippen molar-refractivity contribution in [1.82, 2.24) is 0 Å². The average Bonchev–Trinajstić information content (AvgIpc) is 2.65. The summed E-state index contributed by atoms with van der Waals surface area (Å²) in [6, 6.07) is 10.0. The quantitative estimate of drug-likeness (QED) is 0.759. The van der Waals surface area contributed by atoms with Crippen LogP contribution in [0.1, 0.15) is 37.9 Å². The number of rotatable bonds is 2. The Labute approximate surface area is 85.8 Å². The van der Waals surface area contributed by atoms with Crippen LogP contribution in [0.15, 0.2) is 30.3 Å². The number of aliphatic hydroxyl groups excluding tert-OH is 1. The maximum atomic E-state index is 10.2. The maximum absolute atomic E-state index is 10.2. The second-order valence-electron chi connectivity index (χ2n) is 4.43. The highest BCUT2D eigenvalue weighted by molar-refractivity contribution is 5.18. The Bertz CT molecular complexity index is 281. The molecule has 0 radical (unpaired) electrons. The zero-order valence-electron chi connectivity index (χ0n) is 8.69. The van der Waals surface area contributed by atoms with Gasteiger partial charge in [-0.1, -0.05) is 50.1 Å². The first kappa shape index (κ1) is 9.72. The molecule has 76 valence electrons. The molecule has 3 atom stereocenters. The molecule has 14 heavy (non-hydrogen) atoms. The van der Waals surface area contributed by atoms with Crippen LogP contribution >= 0.6 is 0 Å². The highest BCUT2D eigenvalue weighted by atomic mass is 16.3. The maximum Gasteiger partial charge on any atom is 0.0820 e. The second kappa shape index (κ2) is 4.14. The molecule has 1 fully saturated rings. The van der Waals surface area contributed by atoms with Gasteiger partial charge in [-0.15, -0.1) is 0 Å². The lowest BCUT2D eigenvalue weighted by Gasteiger charge is -2.22. The minimum Gasteiger partial charge on any atom is -0.388 e. The van der Waals surface area contributed by atoms with Gasteiger partial charge in [-0.3, -0.25) is 0 Å². The van der Waals surface area contributed by atoms with Gasteiger partial charge >= 0.3 is 0 Å². The molecule has 0 amide bonds. The molecular formula is C13H18O. The van der Waals surface area contributed by atoms with Crippen LogP contribution in [0.2, 0.25) is 0 Å². The topological polar surface area (TPSA) is 20.2 Å². The van der Waals surface area contributed by atoms with E-state index in [2.05, 4.69) is 6.92 Å². The van der Waals surface area contributed by atoms with E-state index in [4.69, 9.17) is 0 Å². The molecule has 3 unspecified atom stereocenters. The highest BCUT2D eigenvalue weighted by Crippen LogP contribution is 2.39. The van der Waals surface area contributed by atoms with Crippen LogP contribution in [-0.2, 0) is 0 Å². The van der Waals surface area contributed by atoms with Gasteiger partial charge in [0.05, 0.1) is 6.10 Å². The van der Waals surface area contributed by atoms with Gasteiger partial charge in [-0.2, -0.15) is 0 Å². The number of hydrogen-bond donors (Lipinski definition) is 1. The van der Waals surface area contributed by atoms with E-state index in [-0.39, 0.29) is 6.10 Å². The molecule has 1 saturated carbocycles. The van der Waals surface area contributed by atoms with Gasteiger partial charge in [0, 0.05) is 0 Å². The minimum absolute atomic E-state index is 0.256. The fraction of sp³-hybridized carbons (Fsp3) is 0.538. The molecule has 0 aliphatic heterocycles. The van der Waals surface area contributed by atoms with Crippen LogP contribution in [0, 0.1) is 11.8 Å². The van der Waals surface area contributed by atoms with Crippen molar-refractivity contribution in [3.05, 3.63) is 35.9 Å². The van der Waals surface area contributed by atoms with E-state index in [9.17, 15) is 5.11 Å². The van der Waals surface area contributed by atoms with E-state index in [0.29, 0.717) is 11.8 Å². The van der Waals surface area contributed by atoms with Crippen LogP contribution in [0.25, 0.3) is 0 Å². The molecule has 1 aliphatic rings. The van der Waals surface area contributed by atoms with Crippen molar-refractivity contribution in [1.29, 1.82) is 0 Å². The van der Waals surface area contributed by atoms with Gasteiger partial charge < -0.3 is 5.11 Å². The van der Waals surface area contributed by atoms with Crippen LogP contribution in [0.3, 0.4) is 0 Å². The van der Waals surface area contributed by atoms with Crippen molar-refractivity contribution in [2.75, 3.05) is 0 Å². The zero-order chi connectivity index (χ0) is 9.97. The van der Waals surface area contributed by atoms with Crippen molar-refractivity contribution < 1.29 is 5.11 Å². The molecule has 0 spiro atoms. The molecule has 1 aliphatic carbocycles. The lowest BCUT2D eigenvalue weighted by Crippen LogP contribution is -2.14. The molecule has 0 bridgehead atoms. The fourth-order valence-electron chi connectivity index (χ4n) is 2.54. The molecular weight excluding hydrogens is 172 g/mol. The first-order chi connectivity index (χ1) is 6.79. The third-order valence-corrected chi connectivity index (χ3v) is 3.47. The largest absolute Gasteiger partial charge is 0.388 e. The highest BCUT2D eigenvalue weighted by Gasteiger charge is 2.30. The molecule has 1 aromatic carbocycles. The van der Waals surface area contributed by atoms with Gasteiger partial charge in [0.2, 0.25) is 0 Å². The van der Waals surface area contributed by atoms with E-state index in [0.717, 1.165) is 5.56 Å². The van der Waals surface area contributed by atoms with Gasteiger partial charge in [-0.05, 0) is 23.8 Å². The van der Waals surface area contributed by atoms with Crippen LogP contribution < -0.4 is 0 Å². The van der Waals surface area contributed by atoms with E-state index in [1.807, 2.05) is 30.3 Å². The van der Waals surface area contributed by atoms with E-state index >= 15 is 0 Å². The monoisotopic (exact) mass is 190 g/mol. The Morgan fingerprint density at radius 1 is 1.21 bits per heavy atom. The van der Waals surface area contributed by atoms with Crippen molar-refractivity contribution in [3.63, 3.8) is 0 Å². The predicted octanol–water partition coefficient (Wildman–Crippen LogP) is 3.16. The molecule has 1 N–H and O–H groups in total. The van der Waals surface area contributed by atoms with E-state index in [1.54, 1.807) is 0 Å². The fourth-order valence-corrected chi connectivity index (χ4v) is 2.54. The lowest BCUT2D eigenvalue weighted by molar-refractivity contribution is 0.0900. The van der Waals surface area contributed by atoms with Crippen molar-refractivity contribution in [3.8, 4) is 0 Å². The average molecular weight is 190 g/mol.